The molecule has 1 N–H and O–H groups in total. The second-order valence-corrected chi connectivity index (χ2v) is 4.28. The van der Waals surface area contributed by atoms with Crippen LogP contribution in [-0.4, -0.2) is 18.2 Å². The second kappa shape index (κ2) is 3.81. The molecule has 3 heteroatoms. The Kier molecular flexibility index (Phi) is 2.62. The summed E-state index contributed by atoms with van der Waals surface area (Å²) in [5, 5.41) is 9.29. The van der Waals surface area contributed by atoms with Crippen LogP contribution in [0.3, 0.4) is 0 Å². The first-order valence-corrected chi connectivity index (χ1v) is 5.55. The second-order valence-electron chi connectivity index (χ2n) is 4.28. The molecule has 1 aromatic rings. The van der Waals surface area contributed by atoms with Gasteiger partial charge in [-0.25, -0.2) is 0 Å². The minimum atomic E-state index is -0.737. The van der Waals surface area contributed by atoms with Crippen LogP contribution in [0.5, 0.6) is 5.75 Å². The van der Waals surface area contributed by atoms with Gasteiger partial charge in [0.05, 0.1) is 12.5 Å². The molecule has 1 aromatic carbocycles. The van der Waals surface area contributed by atoms with Crippen molar-refractivity contribution in [2.45, 2.75) is 31.6 Å². The van der Waals surface area contributed by atoms with Crippen LogP contribution in [0.1, 0.15) is 30.9 Å². The molecular formula is C13H16O3. The third-order valence-electron chi connectivity index (χ3n) is 3.35. The number of rotatable bonds is 4. The molecule has 2 rings (SSSR count). The zero-order valence-electron chi connectivity index (χ0n) is 9.62. The van der Waals surface area contributed by atoms with Gasteiger partial charge in [-0.05, 0) is 30.9 Å². The summed E-state index contributed by atoms with van der Waals surface area (Å²) in [4.78, 5) is 11.3. The number of benzene rings is 1. The maximum Gasteiger partial charge on any atom is 0.314 e. The Bertz CT molecular complexity index is 419. The lowest BCUT2D eigenvalue weighted by Gasteiger charge is -2.15. The molecule has 0 atom stereocenters. The smallest absolute Gasteiger partial charge is 0.314 e. The largest absolute Gasteiger partial charge is 0.496 e. The van der Waals surface area contributed by atoms with E-state index >= 15 is 0 Å². The Hall–Kier alpha value is -1.51. The summed E-state index contributed by atoms with van der Waals surface area (Å²) < 4.78 is 5.26. The van der Waals surface area contributed by atoms with Crippen LogP contribution in [0.15, 0.2) is 18.2 Å². The van der Waals surface area contributed by atoms with Gasteiger partial charge in [-0.2, -0.15) is 0 Å². The SMILES string of the molecule is CCc1ccc(OC)c(C2(C(=O)O)CC2)c1. The molecule has 0 unspecified atom stereocenters. The van der Waals surface area contributed by atoms with Crippen molar-refractivity contribution in [3.05, 3.63) is 29.3 Å². The van der Waals surface area contributed by atoms with Crippen molar-refractivity contribution in [3.8, 4) is 5.75 Å². The van der Waals surface area contributed by atoms with Gasteiger partial charge in [0.2, 0.25) is 0 Å². The number of ether oxygens (including phenoxy) is 1. The van der Waals surface area contributed by atoms with Gasteiger partial charge >= 0.3 is 5.97 Å². The van der Waals surface area contributed by atoms with E-state index in [-0.39, 0.29) is 0 Å². The van der Waals surface area contributed by atoms with E-state index in [1.165, 1.54) is 0 Å². The molecule has 86 valence electrons. The van der Waals surface area contributed by atoms with E-state index < -0.39 is 11.4 Å². The van der Waals surface area contributed by atoms with Gasteiger partial charge in [-0.1, -0.05) is 19.1 Å². The van der Waals surface area contributed by atoms with Crippen molar-refractivity contribution < 1.29 is 14.6 Å². The maximum atomic E-state index is 11.3. The van der Waals surface area contributed by atoms with Gasteiger partial charge in [0.25, 0.3) is 0 Å². The summed E-state index contributed by atoms with van der Waals surface area (Å²) in [6, 6.07) is 5.83. The fraction of sp³-hybridized carbons (Fsp3) is 0.462. The fourth-order valence-corrected chi connectivity index (χ4v) is 2.07. The monoisotopic (exact) mass is 220 g/mol. The summed E-state index contributed by atoms with van der Waals surface area (Å²) in [7, 11) is 1.59. The highest BCUT2D eigenvalue weighted by molar-refractivity contribution is 5.86. The van der Waals surface area contributed by atoms with Crippen LogP contribution in [0.4, 0.5) is 0 Å². The van der Waals surface area contributed by atoms with Gasteiger partial charge in [0.15, 0.2) is 0 Å². The molecule has 0 aromatic heterocycles. The lowest BCUT2D eigenvalue weighted by atomic mass is 9.93. The molecule has 0 amide bonds. The molecule has 0 saturated heterocycles. The van der Waals surface area contributed by atoms with Crippen molar-refractivity contribution in [2.24, 2.45) is 0 Å². The standard InChI is InChI=1S/C13H16O3/c1-3-9-4-5-11(16-2)10(8-9)13(6-7-13)12(14)15/h4-5,8H,3,6-7H2,1-2H3,(H,14,15). The minimum Gasteiger partial charge on any atom is -0.496 e. The topological polar surface area (TPSA) is 46.5 Å². The van der Waals surface area contributed by atoms with Crippen LogP contribution in [0.2, 0.25) is 0 Å². The molecule has 1 saturated carbocycles. The first-order chi connectivity index (χ1) is 7.64. The van der Waals surface area contributed by atoms with E-state index in [0.29, 0.717) is 18.6 Å². The molecule has 0 radical (unpaired) electrons. The Labute approximate surface area is 95.0 Å². The average Bonchev–Trinajstić information content (AvgIpc) is 3.09. The number of carboxylic acid groups (broad SMARTS) is 1. The molecule has 0 spiro atoms. The molecule has 1 aliphatic rings. The third kappa shape index (κ3) is 1.56. The normalized spacial score (nSPS) is 16.9. The lowest BCUT2D eigenvalue weighted by molar-refractivity contribution is -0.140. The number of methoxy groups -OCH3 is 1. The van der Waals surface area contributed by atoms with Gasteiger partial charge in [-0.15, -0.1) is 0 Å². The Balaban J connectivity index is 2.49. The third-order valence-corrected chi connectivity index (χ3v) is 3.35. The zero-order chi connectivity index (χ0) is 11.8. The van der Waals surface area contributed by atoms with Gasteiger partial charge in [0.1, 0.15) is 5.75 Å². The summed E-state index contributed by atoms with van der Waals surface area (Å²) in [5.41, 5.74) is 1.31. The number of aryl methyl sites for hydroxylation is 1. The lowest BCUT2D eigenvalue weighted by Crippen LogP contribution is -2.20. The van der Waals surface area contributed by atoms with Crippen molar-refractivity contribution in [3.63, 3.8) is 0 Å². The van der Waals surface area contributed by atoms with Crippen LogP contribution in [-0.2, 0) is 16.6 Å². The number of carboxylic acids is 1. The van der Waals surface area contributed by atoms with E-state index in [0.717, 1.165) is 17.5 Å². The summed E-state index contributed by atoms with van der Waals surface area (Å²) >= 11 is 0. The summed E-state index contributed by atoms with van der Waals surface area (Å²) in [6.45, 7) is 2.06. The number of hydrogen-bond acceptors (Lipinski definition) is 2. The minimum absolute atomic E-state index is 0.684. The predicted molar refractivity (Wildman–Crippen MR) is 60.9 cm³/mol. The fourth-order valence-electron chi connectivity index (χ4n) is 2.07. The quantitative estimate of drug-likeness (QED) is 0.847. The molecular weight excluding hydrogens is 204 g/mol. The van der Waals surface area contributed by atoms with Crippen LogP contribution in [0, 0.1) is 0 Å². The highest BCUT2D eigenvalue weighted by Gasteiger charge is 2.53. The number of aliphatic carboxylic acids is 1. The Morgan fingerprint density at radius 2 is 2.19 bits per heavy atom. The predicted octanol–water partition coefficient (Wildman–Crippen LogP) is 2.37. The van der Waals surface area contributed by atoms with E-state index in [1.54, 1.807) is 7.11 Å². The van der Waals surface area contributed by atoms with Crippen molar-refractivity contribution >= 4 is 5.97 Å². The highest BCUT2D eigenvalue weighted by Crippen LogP contribution is 2.51. The molecule has 0 heterocycles. The van der Waals surface area contributed by atoms with Crippen molar-refractivity contribution in [1.29, 1.82) is 0 Å². The first-order valence-electron chi connectivity index (χ1n) is 5.55. The Morgan fingerprint density at radius 1 is 1.50 bits per heavy atom. The molecule has 1 aliphatic carbocycles. The van der Waals surface area contributed by atoms with Crippen LogP contribution < -0.4 is 4.74 Å². The number of carbonyl (C=O) groups is 1. The molecule has 0 aliphatic heterocycles. The average molecular weight is 220 g/mol. The van der Waals surface area contributed by atoms with Crippen LogP contribution >= 0.6 is 0 Å². The Morgan fingerprint density at radius 3 is 2.62 bits per heavy atom. The van der Waals surface area contributed by atoms with Crippen molar-refractivity contribution in [1.82, 2.24) is 0 Å². The molecule has 1 fully saturated rings. The maximum absolute atomic E-state index is 11.3. The highest BCUT2D eigenvalue weighted by atomic mass is 16.5. The first kappa shape index (κ1) is 11.0. The van der Waals surface area contributed by atoms with E-state index in [2.05, 4.69) is 6.92 Å². The molecule has 16 heavy (non-hydrogen) atoms. The van der Waals surface area contributed by atoms with E-state index in [1.807, 2.05) is 18.2 Å². The van der Waals surface area contributed by atoms with Gasteiger partial charge < -0.3 is 9.84 Å². The van der Waals surface area contributed by atoms with Gasteiger partial charge in [0, 0.05) is 5.56 Å². The number of hydrogen-bond donors (Lipinski definition) is 1. The van der Waals surface area contributed by atoms with Crippen LogP contribution in [0.25, 0.3) is 0 Å². The van der Waals surface area contributed by atoms with E-state index in [4.69, 9.17) is 4.74 Å². The van der Waals surface area contributed by atoms with E-state index in [9.17, 15) is 9.90 Å². The van der Waals surface area contributed by atoms with Crippen molar-refractivity contribution in [2.75, 3.05) is 7.11 Å². The molecule has 0 bridgehead atoms. The summed E-state index contributed by atoms with van der Waals surface area (Å²) in [6.07, 6.45) is 2.34. The zero-order valence-corrected chi connectivity index (χ0v) is 9.62. The summed E-state index contributed by atoms with van der Waals surface area (Å²) in [5.74, 6) is -0.0452. The van der Waals surface area contributed by atoms with Gasteiger partial charge in [-0.3, -0.25) is 4.79 Å². The molecule has 3 nitrogen and oxygen atoms in total.